The topological polar surface area (TPSA) is 44.5 Å². The Bertz CT molecular complexity index is 497. The molecule has 0 radical (unpaired) electrons. The van der Waals surface area contributed by atoms with E-state index in [4.69, 9.17) is 15.2 Å². The first-order chi connectivity index (χ1) is 8.83. The molecule has 0 bridgehead atoms. The van der Waals surface area contributed by atoms with E-state index in [1.807, 2.05) is 48.5 Å². The summed E-state index contributed by atoms with van der Waals surface area (Å²) in [5.74, 6) is 1.67. The molecule has 0 aromatic heterocycles. The molecule has 0 spiro atoms. The predicted molar refractivity (Wildman–Crippen MR) is 71.7 cm³/mol. The number of nitrogens with two attached hydrogens (primary N) is 1. The Labute approximate surface area is 107 Å². The second kappa shape index (κ2) is 6.07. The number of rotatable bonds is 5. The number of hydrogen-bond donors (Lipinski definition) is 1. The molecule has 2 aromatic rings. The summed E-state index contributed by atoms with van der Waals surface area (Å²) < 4.78 is 11.0. The standard InChI is InChI=1S/C15H17NO2/c1-17-15-9-12(7-8-13(15)10-16)11-18-14-5-3-2-4-6-14/h2-9H,10-11,16H2,1H3. The van der Waals surface area contributed by atoms with Crippen LogP contribution in [0, 0.1) is 0 Å². The Balaban J connectivity index is 2.06. The minimum atomic E-state index is 0.475. The first kappa shape index (κ1) is 12.5. The van der Waals surface area contributed by atoms with Crippen LogP contribution < -0.4 is 15.2 Å². The number of benzene rings is 2. The summed E-state index contributed by atoms with van der Waals surface area (Å²) in [6, 6.07) is 15.7. The minimum Gasteiger partial charge on any atom is -0.496 e. The van der Waals surface area contributed by atoms with Gasteiger partial charge in [0.05, 0.1) is 7.11 Å². The van der Waals surface area contributed by atoms with Crippen LogP contribution in [0.5, 0.6) is 11.5 Å². The van der Waals surface area contributed by atoms with E-state index in [1.54, 1.807) is 7.11 Å². The van der Waals surface area contributed by atoms with Gasteiger partial charge in [0.15, 0.2) is 0 Å². The maximum absolute atomic E-state index is 5.68. The number of hydrogen-bond acceptors (Lipinski definition) is 3. The van der Waals surface area contributed by atoms with E-state index in [-0.39, 0.29) is 0 Å². The van der Waals surface area contributed by atoms with Crippen molar-refractivity contribution in [3.8, 4) is 11.5 Å². The molecule has 2 rings (SSSR count). The SMILES string of the molecule is COc1cc(COc2ccccc2)ccc1CN. The minimum absolute atomic E-state index is 0.475. The Morgan fingerprint density at radius 3 is 2.50 bits per heavy atom. The van der Waals surface area contributed by atoms with Crippen LogP contribution in [-0.2, 0) is 13.2 Å². The summed E-state index contributed by atoms with van der Waals surface area (Å²) in [4.78, 5) is 0. The Morgan fingerprint density at radius 2 is 1.83 bits per heavy atom. The van der Waals surface area contributed by atoms with Gasteiger partial charge in [-0.25, -0.2) is 0 Å². The van der Waals surface area contributed by atoms with Crippen molar-refractivity contribution < 1.29 is 9.47 Å². The summed E-state index contributed by atoms with van der Waals surface area (Å²) in [7, 11) is 1.65. The van der Waals surface area contributed by atoms with Gasteiger partial charge in [-0.3, -0.25) is 0 Å². The molecule has 3 heteroatoms. The van der Waals surface area contributed by atoms with Crippen molar-refractivity contribution in [2.45, 2.75) is 13.2 Å². The van der Waals surface area contributed by atoms with Crippen molar-refractivity contribution in [1.82, 2.24) is 0 Å². The number of para-hydroxylation sites is 1. The van der Waals surface area contributed by atoms with E-state index in [9.17, 15) is 0 Å². The van der Waals surface area contributed by atoms with Crippen LogP contribution in [0.4, 0.5) is 0 Å². The van der Waals surface area contributed by atoms with Gasteiger partial charge in [0.25, 0.3) is 0 Å². The maximum atomic E-state index is 5.68. The van der Waals surface area contributed by atoms with Gasteiger partial charge in [0, 0.05) is 12.1 Å². The molecule has 0 unspecified atom stereocenters. The molecule has 2 N–H and O–H groups in total. The molecule has 0 heterocycles. The van der Waals surface area contributed by atoms with Gasteiger partial charge in [-0.15, -0.1) is 0 Å². The van der Waals surface area contributed by atoms with Crippen LogP contribution in [0.1, 0.15) is 11.1 Å². The van der Waals surface area contributed by atoms with Crippen LogP contribution in [0.15, 0.2) is 48.5 Å². The van der Waals surface area contributed by atoms with Gasteiger partial charge in [0.1, 0.15) is 18.1 Å². The van der Waals surface area contributed by atoms with E-state index in [0.29, 0.717) is 13.2 Å². The smallest absolute Gasteiger partial charge is 0.123 e. The zero-order valence-corrected chi connectivity index (χ0v) is 10.4. The predicted octanol–water partition coefficient (Wildman–Crippen LogP) is 2.73. The zero-order valence-electron chi connectivity index (χ0n) is 10.4. The van der Waals surface area contributed by atoms with Crippen molar-refractivity contribution in [2.24, 2.45) is 5.73 Å². The van der Waals surface area contributed by atoms with Gasteiger partial charge in [-0.05, 0) is 23.8 Å². The molecule has 0 aliphatic carbocycles. The first-order valence-electron chi connectivity index (χ1n) is 5.87. The molecule has 0 saturated heterocycles. The lowest BCUT2D eigenvalue weighted by Gasteiger charge is -2.10. The van der Waals surface area contributed by atoms with Crippen LogP contribution in [0.2, 0.25) is 0 Å². The van der Waals surface area contributed by atoms with Gasteiger partial charge < -0.3 is 15.2 Å². The third kappa shape index (κ3) is 3.02. The molecule has 3 nitrogen and oxygen atoms in total. The van der Waals surface area contributed by atoms with Gasteiger partial charge in [-0.2, -0.15) is 0 Å². The highest BCUT2D eigenvalue weighted by atomic mass is 16.5. The van der Waals surface area contributed by atoms with E-state index < -0.39 is 0 Å². The van der Waals surface area contributed by atoms with Gasteiger partial charge >= 0.3 is 0 Å². The third-order valence-corrected chi connectivity index (χ3v) is 2.72. The molecule has 0 atom stereocenters. The average molecular weight is 243 g/mol. The monoisotopic (exact) mass is 243 g/mol. The molecule has 0 fully saturated rings. The van der Waals surface area contributed by atoms with Crippen LogP contribution in [-0.4, -0.2) is 7.11 Å². The Hall–Kier alpha value is -2.00. The lowest BCUT2D eigenvalue weighted by molar-refractivity contribution is 0.305. The molecule has 94 valence electrons. The highest BCUT2D eigenvalue weighted by molar-refractivity contribution is 5.37. The molecular weight excluding hydrogens is 226 g/mol. The Kier molecular flexibility index (Phi) is 4.20. The second-order valence-electron chi connectivity index (χ2n) is 3.95. The van der Waals surface area contributed by atoms with Gasteiger partial charge in [-0.1, -0.05) is 30.3 Å². The lowest BCUT2D eigenvalue weighted by atomic mass is 10.1. The third-order valence-electron chi connectivity index (χ3n) is 2.72. The van der Waals surface area contributed by atoms with Crippen LogP contribution in [0.25, 0.3) is 0 Å². The van der Waals surface area contributed by atoms with Crippen LogP contribution in [0.3, 0.4) is 0 Å². The fourth-order valence-electron chi connectivity index (χ4n) is 1.73. The quantitative estimate of drug-likeness (QED) is 0.878. The van der Waals surface area contributed by atoms with E-state index >= 15 is 0 Å². The van der Waals surface area contributed by atoms with Gasteiger partial charge in [0.2, 0.25) is 0 Å². The van der Waals surface area contributed by atoms with Crippen molar-refractivity contribution in [3.05, 3.63) is 59.7 Å². The molecular formula is C15H17NO2. The summed E-state index contributed by atoms with van der Waals surface area (Å²) in [6.45, 7) is 0.994. The highest BCUT2D eigenvalue weighted by Crippen LogP contribution is 2.21. The van der Waals surface area contributed by atoms with Crippen molar-refractivity contribution >= 4 is 0 Å². The molecule has 0 saturated carbocycles. The average Bonchev–Trinajstić information content (AvgIpc) is 2.45. The summed E-state index contributed by atoms with van der Waals surface area (Å²) >= 11 is 0. The van der Waals surface area contributed by atoms with E-state index in [2.05, 4.69) is 0 Å². The fourth-order valence-corrected chi connectivity index (χ4v) is 1.73. The van der Waals surface area contributed by atoms with Crippen molar-refractivity contribution in [2.75, 3.05) is 7.11 Å². The lowest BCUT2D eigenvalue weighted by Crippen LogP contribution is -2.02. The molecule has 0 aliphatic heterocycles. The largest absolute Gasteiger partial charge is 0.496 e. The number of methoxy groups -OCH3 is 1. The maximum Gasteiger partial charge on any atom is 0.123 e. The summed E-state index contributed by atoms with van der Waals surface area (Å²) in [6.07, 6.45) is 0. The summed E-state index contributed by atoms with van der Waals surface area (Å²) in [5, 5.41) is 0. The fraction of sp³-hybridized carbons (Fsp3) is 0.200. The van der Waals surface area contributed by atoms with E-state index in [0.717, 1.165) is 22.6 Å². The molecule has 0 amide bonds. The first-order valence-corrected chi connectivity index (χ1v) is 5.87. The highest BCUT2D eigenvalue weighted by Gasteiger charge is 2.03. The number of ether oxygens (including phenoxy) is 2. The normalized spacial score (nSPS) is 10.1. The molecule has 2 aromatic carbocycles. The zero-order chi connectivity index (χ0) is 12.8. The summed E-state index contributed by atoms with van der Waals surface area (Å²) in [5.41, 5.74) is 7.69. The Morgan fingerprint density at radius 1 is 1.06 bits per heavy atom. The van der Waals surface area contributed by atoms with Crippen LogP contribution >= 0.6 is 0 Å². The molecule has 18 heavy (non-hydrogen) atoms. The molecule has 0 aliphatic rings. The van der Waals surface area contributed by atoms with Crippen molar-refractivity contribution in [3.63, 3.8) is 0 Å². The van der Waals surface area contributed by atoms with E-state index in [1.165, 1.54) is 0 Å². The van der Waals surface area contributed by atoms with Crippen molar-refractivity contribution in [1.29, 1.82) is 0 Å². The second-order valence-corrected chi connectivity index (χ2v) is 3.95.